The van der Waals surface area contributed by atoms with Gasteiger partial charge in [0.15, 0.2) is 0 Å². The van der Waals surface area contributed by atoms with Crippen molar-refractivity contribution in [2.24, 2.45) is 5.92 Å². The molecule has 0 radical (unpaired) electrons. The van der Waals surface area contributed by atoms with Gasteiger partial charge in [0.25, 0.3) is 0 Å². The fourth-order valence-electron chi connectivity index (χ4n) is 0.840. The molecule has 10 heavy (non-hydrogen) atoms. The molecule has 0 bridgehead atoms. The zero-order valence-electron chi connectivity index (χ0n) is 6.21. The molecule has 2 nitrogen and oxygen atoms in total. The van der Waals surface area contributed by atoms with E-state index in [0.29, 0.717) is 5.92 Å². The lowest BCUT2D eigenvalue weighted by Gasteiger charge is -2.05. The first kappa shape index (κ1) is 9.82. The monoisotopic (exact) mass is 162 g/mol. The van der Waals surface area contributed by atoms with Crippen LogP contribution in [0.25, 0.3) is 0 Å². The van der Waals surface area contributed by atoms with Crippen molar-refractivity contribution in [1.82, 2.24) is 0 Å². The molecular weight excluding hydrogens is 148 g/mol. The van der Waals surface area contributed by atoms with E-state index in [9.17, 15) is 4.79 Å². The van der Waals surface area contributed by atoms with Crippen LogP contribution in [0.15, 0.2) is 0 Å². The van der Waals surface area contributed by atoms with Crippen LogP contribution in [-0.2, 0) is 4.79 Å². The molecule has 0 aliphatic rings. The molecule has 0 saturated carbocycles. The summed E-state index contributed by atoms with van der Waals surface area (Å²) >= 11 is 4.04. The van der Waals surface area contributed by atoms with Gasteiger partial charge in [0.05, 0.1) is 0 Å². The fraction of sp³-hybridized carbons (Fsp3) is 0.857. The van der Waals surface area contributed by atoms with E-state index >= 15 is 0 Å². The summed E-state index contributed by atoms with van der Waals surface area (Å²) in [6, 6.07) is 0. The van der Waals surface area contributed by atoms with Crippen molar-refractivity contribution in [3.05, 3.63) is 0 Å². The molecule has 3 heteroatoms. The summed E-state index contributed by atoms with van der Waals surface area (Å²) in [6.07, 6.45) is 2.27. The molecule has 0 heterocycles. The van der Waals surface area contributed by atoms with E-state index in [-0.39, 0.29) is 6.42 Å². The number of thiol groups is 1. The Hall–Kier alpha value is -0.180. The van der Waals surface area contributed by atoms with E-state index in [4.69, 9.17) is 5.11 Å². The van der Waals surface area contributed by atoms with Crippen LogP contribution < -0.4 is 0 Å². The third kappa shape index (κ3) is 5.95. The van der Waals surface area contributed by atoms with Crippen molar-refractivity contribution >= 4 is 18.6 Å². The number of rotatable bonds is 5. The second-order valence-electron chi connectivity index (χ2n) is 2.57. The lowest BCUT2D eigenvalue weighted by atomic mass is 10.0. The first-order valence-electron chi connectivity index (χ1n) is 3.49. The largest absolute Gasteiger partial charge is 0.481 e. The van der Waals surface area contributed by atoms with Gasteiger partial charge >= 0.3 is 5.97 Å². The van der Waals surface area contributed by atoms with Gasteiger partial charge in [0.2, 0.25) is 0 Å². The van der Waals surface area contributed by atoms with Crippen molar-refractivity contribution in [1.29, 1.82) is 0 Å². The topological polar surface area (TPSA) is 37.3 Å². The minimum Gasteiger partial charge on any atom is -0.481 e. The Morgan fingerprint density at radius 1 is 1.70 bits per heavy atom. The van der Waals surface area contributed by atoms with Gasteiger partial charge in [-0.05, 0) is 24.5 Å². The number of carboxylic acids is 1. The quantitative estimate of drug-likeness (QED) is 0.605. The number of aliphatic carboxylic acids is 1. The minimum atomic E-state index is -0.702. The third-order valence-electron chi connectivity index (χ3n) is 1.38. The molecule has 0 rings (SSSR count). The van der Waals surface area contributed by atoms with E-state index in [2.05, 4.69) is 12.6 Å². The van der Waals surface area contributed by atoms with E-state index in [1.165, 1.54) is 0 Å². The average Bonchev–Trinajstić information content (AvgIpc) is 1.82. The lowest BCUT2D eigenvalue weighted by molar-refractivity contribution is -0.138. The Balaban J connectivity index is 3.25. The van der Waals surface area contributed by atoms with Gasteiger partial charge < -0.3 is 5.11 Å². The van der Waals surface area contributed by atoms with Crippen LogP contribution in [0.5, 0.6) is 0 Å². The first-order chi connectivity index (χ1) is 4.66. The van der Waals surface area contributed by atoms with Crippen molar-refractivity contribution in [2.75, 3.05) is 5.75 Å². The van der Waals surface area contributed by atoms with Crippen molar-refractivity contribution in [2.45, 2.75) is 26.2 Å². The molecule has 0 aromatic rings. The first-order valence-corrected chi connectivity index (χ1v) is 4.12. The van der Waals surface area contributed by atoms with Crippen molar-refractivity contribution in [3.63, 3.8) is 0 Å². The van der Waals surface area contributed by atoms with Gasteiger partial charge in [-0.1, -0.05) is 6.92 Å². The molecule has 0 aliphatic carbocycles. The third-order valence-corrected chi connectivity index (χ3v) is 1.69. The van der Waals surface area contributed by atoms with Crippen LogP contribution in [0.1, 0.15) is 26.2 Å². The summed E-state index contributed by atoms with van der Waals surface area (Å²) in [7, 11) is 0. The maximum atomic E-state index is 10.2. The fourth-order valence-corrected chi connectivity index (χ4v) is 1.02. The SMILES string of the molecule is C[C@H](CCCS)CC(=O)O. The van der Waals surface area contributed by atoms with E-state index < -0.39 is 5.97 Å². The molecule has 0 unspecified atom stereocenters. The summed E-state index contributed by atoms with van der Waals surface area (Å²) < 4.78 is 0. The second kappa shape index (κ2) is 5.59. The molecule has 0 aromatic heterocycles. The number of hydrogen-bond acceptors (Lipinski definition) is 2. The van der Waals surface area contributed by atoms with E-state index in [0.717, 1.165) is 18.6 Å². The Labute approximate surface area is 67.0 Å². The number of hydrogen-bond donors (Lipinski definition) is 2. The van der Waals surface area contributed by atoms with Gasteiger partial charge in [0, 0.05) is 6.42 Å². The maximum absolute atomic E-state index is 10.2. The Kier molecular flexibility index (Phi) is 5.49. The molecular formula is C7H14O2S. The molecule has 1 atom stereocenters. The van der Waals surface area contributed by atoms with Gasteiger partial charge in [-0.15, -0.1) is 0 Å². The zero-order valence-corrected chi connectivity index (χ0v) is 7.10. The highest BCUT2D eigenvalue weighted by Crippen LogP contribution is 2.09. The molecule has 60 valence electrons. The van der Waals surface area contributed by atoms with Gasteiger partial charge in [-0.2, -0.15) is 12.6 Å². The highest BCUT2D eigenvalue weighted by Gasteiger charge is 2.05. The van der Waals surface area contributed by atoms with Crippen LogP contribution in [0.3, 0.4) is 0 Å². The molecule has 0 aliphatic heterocycles. The maximum Gasteiger partial charge on any atom is 0.303 e. The Morgan fingerprint density at radius 2 is 2.30 bits per heavy atom. The molecule has 0 saturated heterocycles. The summed E-state index contributed by atoms with van der Waals surface area (Å²) in [5.41, 5.74) is 0. The smallest absolute Gasteiger partial charge is 0.303 e. The van der Waals surface area contributed by atoms with Crippen LogP contribution in [0, 0.1) is 5.92 Å². The van der Waals surface area contributed by atoms with Crippen molar-refractivity contribution < 1.29 is 9.90 Å². The van der Waals surface area contributed by atoms with E-state index in [1.54, 1.807) is 0 Å². The number of carboxylic acid groups (broad SMARTS) is 1. The summed E-state index contributed by atoms with van der Waals surface area (Å²) in [4.78, 5) is 10.2. The Morgan fingerprint density at radius 3 is 2.70 bits per heavy atom. The summed E-state index contributed by atoms with van der Waals surface area (Å²) in [6.45, 7) is 1.96. The van der Waals surface area contributed by atoms with Gasteiger partial charge in [-0.25, -0.2) is 0 Å². The molecule has 0 amide bonds. The highest BCUT2D eigenvalue weighted by molar-refractivity contribution is 7.80. The van der Waals surface area contributed by atoms with Crippen molar-refractivity contribution in [3.8, 4) is 0 Å². The number of carbonyl (C=O) groups is 1. The standard InChI is InChI=1S/C7H14O2S/c1-6(3-2-4-10)5-7(8)9/h6,10H,2-5H2,1H3,(H,8,9)/t6-/m1/s1. The summed E-state index contributed by atoms with van der Waals surface area (Å²) in [5.74, 6) is 0.445. The zero-order chi connectivity index (χ0) is 7.98. The summed E-state index contributed by atoms with van der Waals surface area (Å²) in [5, 5.41) is 8.36. The predicted octanol–water partition coefficient (Wildman–Crippen LogP) is 1.81. The minimum absolute atomic E-state index is 0.285. The van der Waals surface area contributed by atoms with Gasteiger partial charge in [0.1, 0.15) is 0 Å². The van der Waals surface area contributed by atoms with E-state index in [1.807, 2.05) is 6.92 Å². The second-order valence-corrected chi connectivity index (χ2v) is 3.02. The van der Waals surface area contributed by atoms with Crippen LogP contribution in [0.2, 0.25) is 0 Å². The van der Waals surface area contributed by atoms with Crippen LogP contribution in [0.4, 0.5) is 0 Å². The average molecular weight is 162 g/mol. The normalized spacial score (nSPS) is 13.0. The Bertz CT molecular complexity index is 104. The molecule has 0 aromatic carbocycles. The molecule has 0 fully saturated rings. The molecule has 0 spiro atoms. The predicted molar refractivity (Wildman–Crippen MR) is 44.5 cm³/mol. The highest BCUT2D eigenvalue weighted by atomic mass is 32.1. The van der Waals surface area contributed by atoms with Crippen LogP contribution >= 0.6 is 12.6 Å². The van der Waals surface area contributed by atoms with Gasteiger partial charge in [-0.3, -0.25) is 4.79 Å². The lowest BCUT2D eigenvalue weighted by Crippen LogP contribution is -2.03. The van der Waals surface area contributed by atoms with Crippen LogP contribution in [-0.4, -0.2) is 16.8 Å². The molecule has 1 N–H and O–H groups in total.